The minimum absolute atomic E-state index is 0.0325. The lowest BCUT2D eigenvalue weighted by Gasteiger charge is -2.50. The van der Waals surface area contributed by atoms with Crippen LogP contribution in [0.15, 0.2) is 11.8 Å². The van der Waals surface area contributed by atoms with Crippen LogP contribution < -0.4 is 31.9 Å². The first-order valence-corrected chi connectivity index (χ1v) is 27.5. The summed E-state index contributed by atoms with van der Waals surface area (Å²) in [6, 6.07) is -5.06. The molecule has 0 unspecified atom stereocenters. The van der Waals surface area contributed by atoms with Gasteiger partial charge in [0.15, 0.2) is 6.29 Å². The molecule has 79 heavy (non-hydrogen) atoms. The molecule has 0 aromatic carbocycles. The molecular weight excluding hydrogens is 1030 g/mol. The lowest BCUT2D eigenvalue weighted by atomic mass is 9.74. The molecule has 25 heteroatoms. The van der Waals surface area contributed by atoms with Crippen molar-refractivity contribution in [2.24, 2.45) is 11.8 Å². The summed E-state index contributed by atoms with van der Waals surface area (Å²) in [5.74, 6) is -0.679. The predicted molar refractivity (Wildman–Crippen MR) is 285 cm³/mol. The van der Waals surface area contributed by atoms with E-state index in [0.29, 0.717) is 12.3 Å². The zero-order valence-corrected chi connectivity index (χ0v) is 49.4. The van der Waals surface area contributed by atoms with Crippen LogP contribution >= 0.6 is 0 Å². The number of aliphatic hydroxyl groups excluding tert-OH is 2. The van der Waals surface area contributed by atoms with E-state index in [-0.39, 0.29) is 50.8 Å². The first kappa shape index (κ1) is 64.9. The number of nitrogens with one attached hydrogen (secondary N) is 6. The minimum atomic E-state index is -2.02. The van der Waals surface area contributed by atoms with Crippen LogP contribution in [0.3, 0.4) is 0 Å². The van der Waals surface area contributed by atoms with Crippen LogP contribution in [0.5, 0.6) is 0 Å². The highest BCUT2D eigenvalue weighted by Gasteiger charge is 2.55. The van der Waals surface area contributed by atoms with Gasteiger partial charge in [0.2, 0.25) is 6.29 Å². The van der Waals surface area contributed by atoms with Gasteiger partial charge < -0.3 is 94.8 Å². The molecule has 25 nitrogen and oxygen atoms in total. The Morgan fingerprint density at radius 3 is 1.58 bits per heavy atom. The fourth-order valence-corrected chi connectivity index (χ4v) is 9.92. The predicted octanol–water partition coefficient (Wildman–Crippen LogP) is 4.32. The van der Waals surface area contributed by atoms with Crippen molar-refractivity contribution in [1.82, 2.24) is 36.8 Å². The van der Waals surface area contributed by atoms with Gasteiger partial charge in [0, 0.05) is 37.9 Å². The van der Waals surface area contributed by atoms with E-state index in [4.69, 9.17) is 42.6 Å². The van der Waals surface area contributed by atoms with Gasteiger partial charge in [-0.3, -0.25) is 4.79 Å². The molecule has 0 aromatic rings. The van der Waals surface area contributed by atoms with Crippen molar-refractivity contribution in [3.63, 3.8) is 0 Å². The van der Waals surface area contributed by atoms with Gasteiger partial charge in [0.1, 0.15) is 63.8 Å². The van der Waals surface area contributed by atoms with Gasteiger partial charge in [-0.2, -0.15) is 0 Å². The molecule has 1 saturated heterocycles. The molecule has 0 aromatic heterocycles. The summed E-state index contributed by atoms with van der Waals surface area (Å²) in [4.78, 5) is 81.0. The van der Waals surface area contributed by atoms with Crippen molar-refractivity contribution in [3.8, 4) is 0 Å². The summed E-state index contributed by atoms with van der Waals surface area (Å²) < 4.78 is 53.5. The second kappa shape index (κ2) is 25.5. The largest absolute Gasteiger partial charge is 0.466 e. The summed E-state index contributed by atoms with van der Waals surface area (Å²) in [7, 11) is 1.47. The van der Waals surface area contributed by atoms with Crippen LogP contribution in [-0.4, -0.2) is 190 Å². The van der Waals surface area contributed by atoms with Gasteiger partial charge in [0.25, 0.3) is 5.91 Å². The first-order chi connectivity index (χ1) is 36.2. The SMILES string of the molecule is C[C@@H]1CO[C@H](O[C@@H]2[C@@H](O)[C@H](O[C@H]3OC(CNC[C@H]4C[C@H](NC(=O)OC(C)(C)C)C4)=CC[C@H]3NC(=O)OC(C)(C)C)[C@@H](NC(=O)OC(C)(C)C)C[C@H]2NC(=O)C2(O)CC(NC(=O)OC(C)(C)C)C2)[C@H](O)[C@H]1N(C)C(=O)OC(C)(C)C. The number of ether oxygens (including phenoxy) is 9. The fraction of sp³-hybridized carbons (Fsp3) is 0.852. The Morgan fingerprint density at radius 2 is 1.08 bits per heavy atom. The molecule has 452 valence electrons. The maximum atomic E-state index is 14.3. The summed E-state index contributed by atoms with van der Waals surface area (Å²) in [5, 5.41) is 53.9. The Bertz CT molecular complexity index is 2150. The number of likely N-dealkylation sites (N-methyl/N-ethyl adjacent to an activating group) is 1. The maximum absolute atomic E-state index is 14.3. The van der Waals surface area contributed by atoms with Crippen molar-refractivity contribution in [2.75, 3.05) is 26.7 Å². The Hall–Kier alpha value is -4.92. The van der Waals surface area contributed by atoms with Gasteiger partial charge in [-0.25, -0.2) is 24.0 Å². The molecule has 0 bridgehead atoms. The smallest absolute Gasteiger partial charge is 0.410 e. The van der Waals surface area contributed by atoms with E-state index in [0.717, 1.165) is 12.8 Å². The van der Waals surface area contributed by atoms with E-state index in [1.807, 2.05) is 0 Å². The Kier molecular flexibility index (Phi) is 20.9. The van der Waals surface area contributed by atoms with Gasteiger partial charge in [-0.05, 0) is 148 Å². The Morgan fingerprint density at radius 1 is 0.620 bits per heavy atom. The summed E-state index contributed by atoms with van der Waals surface area (Å²) in [6.45, 7) is 28.2. The third-order valence-electron chi connectivity index (χ3n) is 13.3. The normalized spacial score (nSPS) is 32.2. The first-order valence-electron chi connectivity index (χ1n) is 27.5. The number of rotatable bonds is 15. The van der Waals surface area contributed by atoms with Crippen molar-refractivity contribution >= 4 is 36.4 Å². The number of nitrogens with zero attached hydrogens (tertiary/aromatic N) is 1. The quantitative estimate of drug-likeness (QED) is 0.103. The lowest BCUT2D eigenvalue weighted by Crippen LogP contribution is -2.71. The van der Waals surface area contributed by atoms with E-state index in [2.05, 4.69) is 31.9 Å². The topological polar surface area (TPSA) is 322 Å². The third kappa shape index (κ3) is 19.9. The number of aliphatic hydroxyl groups is 3. The van der Waals surface area contributed by atoms with Crippen LogP contribution in [0, 0.1) is 11.8 Å². The molecule has 0 spiro atoms. The standard InChI is InChI=1S/C54H93N7O18/c1-28-27-71-42(37(62)36(28)61(17)48(69)79-53(14,15)16)74-39-34(58-43(64)54(70)23-31(24-54)57-45(66)76-50(5,6)7)22-35(60-47(68)78-52(11,12)13)40(38(39)63)73-41-33(59-46(67)77-51(8,9)10)19-18-32(72-41)26-55-25-29-20-30(21-29)56-44(65)75-49(2,3)4/h18,28-31,33-42,55,62-63,70H,19-27H2,1-17H3,(H,56,65)(H,57,66)(H,58,64)(H,59,67)(H,60,68)/t28-,29-,30-,31?,33-,34-,35+,36+,37-,38-,39+,40-,41-,42-,54?/m1/s1. The van der Waals surface area contributed by atoms with Crippen LogP contribution in [-0.2, 0) is 47.4 Å². The average molecular weight is 1130 g/mol. The monoisotopic (exact) mass is 1130 g/mol. The second-order valence-electron chi connectivity index (χ2n) is 26.8. The molecule has 11 atom stereocenters. The zero-order chi connectivity index (χ0) is 59.4. The summed E-state index contributed by atoms with van der Waals surface area (Å²) in [6.07, 6.45) is -10.3. The van der Waals surface area contributed by atoms with E-state index in [1.54, 1.807) is 117 Å². The van der Waals surface area contributed by atoms with Crippen molar-refractivity contribution in [2.45, 2.75) is 256 Å². The van der Waals surface area contributed by atoms with E-state index < -0.39 is 143 Å². The average Bonchev–Trinajstić information content (AvgIpc) is 3.22. The van der Waals surface area contributed by atoms with Crippen LogP contribution in [0.25, 0.3) is 0 Å². The second-order valence-corrected chi connectivity index (χ2v) is 26.8. The number of hydrogen-bond acceptors (Lipinski definition) is 19. The molecule has 0 radical (unpaired) electrons. The van der Waals surface area contributed by atoms with E-state index in [9.17, 15) is 44.1 Å². The molecular formula is C54H93N7O18. The van der Waals surface area contributed by atoms with Crippen LogP contribution in [0.4, 0.5) is 24.0 Å². The molecule has 2 aliphatic heterocycles. The van der Waals surface area contributed by atoms with Crippen LogP contribution in [0.1, 0.15) is 149 Å². The number of alkyl carbamates (subject to hydrolysis) is 4. The maximum Gasteiger partial charge on any atom is 0.410 e. The Balaban J connectivity index is 1.45. The molecule has 5 aliphatic rings. The number of amides is 6. The van der Waals surface area contributed by atoms with Crippen molar-refractivity contribution in [3.05, 3.63) is 11.8 Å². The molecule has 5 rings (SSSR count). The fourth-order valence-electron chi connectivity index (χ4n) is 9.92. The number of hydrogen-bond donors (Lipinski definition) is 9. The van der Waals surface area contributed by atoms with Crippen molar-refractivity contribution in [1.29, 1.82) is 0 Å². The van der Waals surface area contributed by atoms with Gasteiger partial charge in [-0.1, -0.05) is 6.92 Å². The molecule has 4 fully saturated rings. The number of carbonyl (C=O) groups excluding carboxylic acids is 6. The highest BCUT2D eigenvalue weighted by molar-refractivity contribution is 5.87. The molecule has 9 N–H and O–H groups in total. The molecule has 3 aliphatic carbocycles. The highest BCUT2D eigenvalue weighted by atomic mass is 16.7. The Labute approximate surface area is 465 Å². The molecule has 3 saturated carbocycles. The lowest BCUT2D eigenvalue weighted by molar-refractivity contribution is -0.293. The zero-order valence-electron chi connectivity index (χ0n) is 49.4. The summed E-state index contributed by atoms with van der Waals surface area (Å²) >= 11 is 0. The third-order valence-corrected chi connectivity index (χ3v) is 13.3. The molecule has 6 amide bonds. The van der Waals surface area contributed by atoms with Gasteiger partial charge >= 0.3 is 30.5 Å². The summed E-state index contributed by atoms with van der Waals surface area (Å²) in [5.41, 5.74) is -6.19. The minimum Gasteiger partial charge on any atom is -0.466 e. The van der Waals surface area contributed by atoms with Gasteiger partial charge in [-0.15, -0.1) is 0 Å². The highest BCUT2D eigenvalue weighted by Crippen LogP contribution is 2.37. The van der Waals surface area contributed by atoms with Crippen LogP contribution in [0.2, 0.25) is 0 Å². The van der Waals surface area contributed by atoms with Gasteiger partial charge in [0.05, 0.1) is 37.3 Å². The van der Waals surface area contributed by atoms with Crippen molar-refractivity contribution < 1.29 is 86.7 Å². The number of carbonyl (C=O) groups is 6. The van der Waals surface area contributed by atoms with E-state index in [1.165, 1.54) is 11.9 Å². The van der Waals surface area contributed by atoms with E-state index >= 15 is 0 Å². The molecule has 2 heterocycles.